The highest BCUT2D eigenvalue weighted by Gasteiger charge is 2.46. The topological polar surface area (TPSA) is 112 Å². The molecule has 0 amide bonds. The van der Waals surface area contributed by atoms with E-state index in [0.29, 0.717) is 57.0 Å². The third-order valence-electron chi connectivity index (χ3n) is 6.48. The van der Waals surface area contributed by atoms with Crippen molar-refractivity contribution in [3.8, 4) is 23.1 Å². The largest absolute Gasteiger partial charge is 0.493 e. The van der Waals surface area contributed by atoms with Gasteiger partial charge in [-0.15, -0.1) is 0 Å². The summed E-state index contributed by atoms with van der Waals surface area (Å²) in [4.78, 5) is 18.6. The third-order valence-corrected chi connectivity index (χ3v) is 6.78. The van der Waals surface area contributed by atoms with Gasteiger partial charge in [-0.3, -0.25) is 0 Å². The lowest BCUT2D eigenvalue weighted by atomic mass is 10.0. The van der Waals surface area contributed by atoms with Crippen LogP contribution < -0.4 is 19.5 Å². The average Bonchev–Trinajstić information content (AvgIpc) is 3.39. The van der Waals surface area contributed by atoms with E-state index in [4.69, 9.17) is 25.8 Å². The molecule has 1 saturated heterocycles. The lowest BCUT2D eigenvalue weighted by Gasteiger charge is -2.36. The fraction of sp³-hybridized carbons (Fsp3) is 0.269. The predicted molar refractivity (Wildman–Crippen MR) is 143 cm³/mol. The molecule has 5 aromatic rings. The Morgan fingerprint density at radius 2 is 1.90 bits per heavy atom. The van der Waals surface area contributed by atoms with Crippen molar-refractivity contribution in [3.63, 3.8) is 0 Å². The van der Waals surface area contributed by atoms with Gasteiger partial charge in [0.1, 0.15) is 30.5 Å². The minimum Gasteiger partial charge on any atom is -0.493 e. The maximum absolute atomic E-state index is 14.9. The standard InChI is InChI=1S/C26H23ClF2N8O3/c1-36-8-7-20(26(28,29)11-36)40-24-19(38-2)6-4-17-23(24)25(32-12-30-17)35-15-3-5-18(16(27)9-15)39-22-10-21-31-13-34-37(21)14-33-22/h3-6,9-10,12-14,20H,7-8,11H2,1-2H3,(H,30,32,35)/t20-/m1/s1. The Hall–Kier alpha value is -4.36. The van der Waals surface area contributed by atoms with Crippen molar-refractivity contribution in [3.05, 3.63) is 60.4 Å². The van der Waals surface area contributed by atoms with E-state index in [1.807, 2.05) is 0 Å². The van der Waals surface area contributed by atoms with Crippen molar-refractivity contribution in [1.82, 2.24) is 34.4 Å². The van der Waals surface area contributed by atoms with Crippen LogP contribution in [0.4, 0.5) is 20.3 Å². The fourth-order valence-electron chi connectivity index (χ4n) is 4.53. The summed E-state index contributed by atoms with van der Waals surface area (Å²) in [5, 5.41) is 7.90. The van der Waals surface area contributed by atoms with Crippen molar-refractivity contribution < 1.29 is 23.0 Å². The van der Waals surface area contributed by atoms with Crippen LogP contribution in [-0.2, 0) is 0 Å². The van der Waals surface area contributed by atoms with E-state index in [9.17, 15) is 8.78 Å². The quantitative estimate of drug-likeness (QED) is 0.288. The van der Waals surface area contributed by atoms with Gasteiger partial charge >= 0.3 is 0 Å². The first-order valence-electron chi connectivity index (χ1n) is 12.3. The highest BCUT2D eigenvalue weighted by Crippen LogP contribution is 2.42. The van der Waals surface area contributed by atoms with Gasteiger partial charge in [-0.1, -0.05) is 11.6 Å². The molecule has 0 aliphatic carbocycles. The Labute approximate surface area is 231 Å². The molecule has 0 radical (unpaired) electrons. The van der Waals surface area contributed by atoms with Crippen molar-refractivity contribution in [2.24, 2.45) is 0 Å². The molecule has 6 rings (SSSR count). The number of nitrogens with zero attached hydrogens (tertiary/aromatic N) is 7. The van der Waals surface area contributed by atoms with E-state index in [1.54, 1.807) is 48.3 Å². The van der Waals surface area contributed by atoms with Crippen LogP contribution in [0, 0.1) is 0 Å². The van der Waals surface area contributed by atoms with Crippen molar-refractivity contribution >= 4 is 39.7 Å². The monoisotopic (exact) mass is 568 g/mol. The molecule has 40 heavy (non-hydrogen) atoms. The maximum atomic E-state index is 14.9. The molecule has 3 aromatic heterocycles. The number of piperidine rings is 1. The van der Waals surface area contributed by atoms with Gasteiger partial charge in [0.2, 0.25) is 5.88 Å². The summed E-state index contributed by atoms with van der Waals surface area (Å²) >= 11 is 6.52. The number of anilines is 2. The zero-order valence-electron chi connectivity index (χ0n) is 21.4. The molecule has 2 aromatic carbocycles. The summed E-state index contributed by atoms with van der Waals surface area (Å²) < 4.78 is 48.6. The minimum absolute atomic E-state index is 0.137. The van der Waals surface area contributed by atoms with E-state index in [0.717, 1.165) is 0 Å². The third kappa shape index (κ3) is 5.00. The number of rotatable bonds is 7. The van der Waals surface area contributed by atoms with E-state index in [1.165, 1.54) is 30.6 Å². The van der Waals surface area contributed by atoms with Crippen LogP contribution >= 0.6 is 11.6 Å². The number of likely N-dealkylation sites (tertiary alicyclic amines) is 1. The van der Waals surface area contributed by atoms with Crippen molar-refractivity contribution in [2.45, 2.75) is 18.4 Å². The lowest BCUT2D eigenvalue weighted by Crippen LogP contribution is -2.52. The molecule has 1 fully saturated rings. The maximum Gasteiger partial charge on any atom is 0.296 e. The van der Waals surface area contributed by atoms with Crippen LogP contribution in [0.3, 0.4) is 0 Å². The van der Waals surface area contributed by atoms with E-state index in [2.05, 4.69) is 30.4 Å². The normalized spacial score (nSPS) is 17.2. The van der Waals surface area contributed by atoms with Gasteiger partial charge in [0.15, 0.2) is 23.3 Å². The van der Waals surface area contributed by atoms with E-state index in [-0.39, 0.29) is 12.2 Å². The molecular weight excluding hydrogens is 546 g/mol. The van der Waals surface area contributed by atoms with Gasteiger partial charge in [-0.2, -0.15) is 5.10 Å². The van der Waals surface area contributed by atoms with Crippen LogP contribution in [0.1, 0.15) is 6.42 Å². The van der Waals surface area contributed by atoms with Crippen LogP contribution in [0.15, 0.2) is 55.4 Å². The average molecular weight is 569 g/mol. The zero-order chi connectivity index (χ0) is 27.9. The Morgan fingerprint density at radius 1 is 1.05 bits per heavy atom. The number of hydrogen-bond acceptors (Lipinski definition) is 10. The highest BCUT2D eigenvalue weighted by atomic mass is 35.5. The molecule has 1 aliphatic rings. The number of fused-ring (bicyclic) bond motifs is 2. The second kappa shape index (κ2) is 10.3. The van der Waals surface area contributed by atoms with Gasteiger partial charge in [-0.25, -0.2) is 33.2 Å². The van der Waals surface area contributed by atoms with E-state index >= 15 is 0 Å². The molecule has 1 N–H and O–H groups in total. The number of benzene rings is 2. The molecule has 1 atom stereocenters. The van der Waals surface area contributed by atoms with E-state index < -0.39 is 18.6 Å². The summed E-state index contributed by atoms with van der Waals surface area (Å²) in [5.41, 5.74) is 1.63. The molecule has 4 heterocycles. The Balaban J connectivity index is 1.31. The second-order valence-corrected chi connectivity index (χ2v) is 9.68. The second-order valence-electron chi connectivity index (χ2n) is 9.27. The first kappa shape index (κ1) is 25.9. The number of halogens is 3. The Kier molecular flexibility index (Phi) is 6.68. The van der Waals surface area contributed by atoms with Crippen molar-refractivity contribution in [2.75, 3.05) is 32.6 Å². The predicted octanol–water partition coefficient (Wildman–Crippen LogP) is 4.98. The molecule has 0 unspecified atom stereocenters. The fourth-order valence-corrected chi connectivity index (χ4v) is 4.75. The number of ether oxygens (including phenoxy) is 3. The summed E-state index contributed by atoms with van der Waals surface area (Å²) in [6.45, 7) is 0.0753. The molecule has 0 bridgehead atoms. The molecule has 14 heteroatoms. The Bertz CT molecular complexity index is 1700. The van der Waals surface area contributed by atoms with Gasteiger partial charge in [0.25, 0.3) is 5.92 Å². The van der Waals surface area contributed by atoms with Crippen molar-refractivity contribution in [1.29, 1.82) is 0 Å². The van der Waals surface area contributed by atoms with Crippen LogP contribution in [0.5, 0.6) is 23.1 Å². The van der Waals surface area contributed by atoms with Crippen LogP contribution in [0.2, 0.25) is 5.02 Å². The van der Waals surface area contributed by atoms with Gasteiger partial charge in [0, 0.05) is 24.7 Å². The number of aromatic nitrogens is 6. The molecule has 11 nitrogen and oxygen atoms in total. The number of hydrogen-bond donors (Lipinski definition) is 1. The number of nitrogens with one attached hydrogen (secondary N) is 1. The van der Waals surface area contributed by atoms with Gasteiger partial charge < -0.3 is 24.4 Å². The Morgan fingerprint density at radius 3 is 2.70 bits per heavy atom. The van der Waals surface area contributed by atoms with Gasteiger partial charge in [-0.05, 0) is 37.4 Å². The summed E-state index contributed by atoms with van der Waals surface area (Å²) in [5.74, 6) is -1.63. The lowest BCUT2D eigenvalue weighted by molar-refractivity contribution is -0.135. The first-order chi connectivity index (χ1) is 19.3. The number of methoxy groups -OCH3 is 1. The van der Waals surface area contributed by atoms with Crippen LogP contribution in [0.25, 0.3) is 16.6 Å². The smallest absolute Gasteiger partial charge is 0.296 e. The molecule has 1 aliphatic heterocycles. The van der Waals surface area contributed by atoms with Gasteiger partial charge in [0.05, 0.1) is 29.6 Å². The minimum atomic E-state index is -3.06. The molecule has 0 spiro atoms. The molecular formula is C26H23ClF2N8O3. The number of alkyl halides is 2. The van der Waals surface area contributed by atoms with Crippen LogP contribution in [-0.4, -0.2) is 73.7 Å². The highest BCUT2D eigenvalue weighted by molar-refractivity contribution is 6.32. The summed E-state index contributed by atoms with van der Waals surface area (Å²) in [7, 11) is 3.11. The summed E-state index contributed by atoms with van der Waals surface area (Å²) in [6.07, 6.45) is 3.08. The molecule has 206 valence electrons. The first-order valence-corrected chi connectivity index (χ1v) is 12.6. The zero-order valence-corrected chi connectivity index (χ0v) is 22.1. The summed E-state index contributed by atoms with van der Waals surface area (Å²) in [6, 6.07) is 10.0. The SMILES string of the molecule is COc1ccc2ncnc(Nc3ccc(Oc4cc5ncnn5cn4)c(Cl)c3)c2c1O[C@@H]1CCN(C)CC1(F)F. The molecule has 0 saturated carbocycles.